The molecule has 6 nitrogen and oxygen atoms in total. The zero-order valence-corrected chi connectivity index (χ0v) is 10.2. The Labute approximate surface area is 103 Å². The Hall–Kier alpha value is -2.37. The van der Waals surface area contributed by atoms with Crippen molar-refractivity contribution in [2.45, 2.75) is 20.3 Å². The number of pyridine rings is 1. The lowest BCUT2D eigenvalue weighted by Gasteiger charge is -2.01. The second-order valence-electron chi connectivity index (χ2n) is 3.98. The number of aromatic nitrogens is 3. The molecule has 0 saturated heterocycles. The van der Waals surface area contributed by atoms with E-state index in [-0.39, 0.29) is 11.0 Å². The Balaban J connectivity index is 2.19. The summed E-state index contributed by atoms with van der Waals surface area (Å²) in [5, 5.41) is 9.29. The van der Waals surface area contributed by atoms with Gasteiger partial charge in [0.25, 0.3) is 5.91 Å². The number of hydrogen-bond acceptors (Lipinski definition) is 3. The van der Waals surface area contributed by atoms with Crippen molar-refractivity contribution < 1.29 is 4.79 Å². The first-order valence-electron chi connectivity index (χ1n) is 5.65. The zero-order valence-electron chi connectivity index (χ0n) is 10.2. The predicted molar refractivity (Wildman–Crippen MR) is 67.7 cm³/mol. The molecule has 2 rings (SSSR count). The highest BCUT2D eigenvalue weighted by Crippen LogP contribution is 2.06. The monoisotopic (exact) mass is 246 g/mol. The minimum atomic E-state index is -0.467. The van der Waals surface area contributed by atoms with Crippen LogP contribution in [0.1, 0.15) is 28.7 Å². The van der Waals surface area contributed by atoms with Gasteiger partial charge in [-0.2, -0.15) is 5.10 Å². The molecule has 0 spiro atoms. The van der Waals surface area contributed by atoms with E-state index >= 15 is 0 Å². The first kappa shape index (κ1) is 12.1. The average Bonchev–Trinajstić information content (AvgIpc) is 2.76. The number of amides is 1. The van der Waals surface area contributed by atoms with Crippen molar-refractivity contribution in [1.29, 1.82) is 0 Å². The second kappa shape index (κ2) is 4.87. The van der Waals surface area contributed by atoms with Gasteiger partial charge in [0.2, 0.25) is 0 Å². The molecule has 3 N–H and O–H groups in total. The molecule has 0 atom stereocenters. The van der Waals surface area contributed by atoms with Gasteiger partial charge >= 0.3 is 0 Å². The van der Waals surface area contributed by atoms with Gasteiger partial charge in [-0.15, -0.1) is 0 Å². The van der Waals surface area contributed by atoms with Crippen LogP contribution in [0.3, 0.4) is 0 Å². The van der Waals surface area contributed by atoms with Crippen LogP contribution in [0.5, 0.6) is 0 Å². The molecule has 2 aromatic heterocycles. The molecule has 2 heterocycles. The largest absolute Gasteiger partial charge is 0.364 e. The second-order valence-corrected chi connectivity index (χ2v) is 3.98. The van der Waals surface area contributed by atoms with Crippen molar-refractivity contribution in [3.63, 3.8) is 0 Å². The van der Waals surface area contributed by atoms with Crippen molar-refractivity contribution in [2.75, 3.05) is 5.32 Å². The van der Waals surface area contributed by atoms with Gasteiger partial charge in [0.15, 0.2) is 11.2 Å². The number of carbonyl (C=O) groups is 1. The van der Waals surface area contributed by atoms with E-state index in [1.54, 1.807) is 13.0 Å². The van der Waals surface area contributed by atoms with Crippen LogP contribution >= 0.6 is 0 Å². The summed E-state index contributed by atoms with van der Waals surface area (Å²) in [4.78, 5) is 26.3. The molecule has 0 aliphatic carbocycles. The summed E-state index contributed by atoms with van der Waals surface area (Å²) >= 11 is 0. The maximum atomic E-state index is 11.9. The molecule has 0 saturated carbocycles. The summed E-state index contributed by atoms with van der Waals surface area (Å²) in [6, 6.07) is 3.12. The molecule has 18 heavy (non-hydrogen) atoms. The topological polar surface area (TPSA) is 90.6 Å². The Morgan fingerprint density at radius 1 is 1.44 bits per heavy atom. The number of hydrogen-bond donors (Lipinski definition) is 3. The van der Waals surface area contributed by atoms with Gasteiger partial charge in [-0.05, 0) is 13.3 Å². The highest BCUT2D eigenvalue weighted by Gasteiger charge is 2.11. The summed E-state index contributed by atoms with van der Waals surface area (Å²) in [5.41, 5.74) is 1.39. The third-order valence-corrected chi connectivity index (χ3v) is 2.56. The molecule has 1 amide bonds. The van der Waals surface area contributed by atoms with E-state index in [1.165, 1.54) is 12.3 Å². The lowest BCUT2D eigenvalue weighted by molar-refractivity contribution is 0.102. The summed E-state index contributed by atoms with van der Waals surface area (Å²) in [5.74, 6) is -0.0535. The van der Waals surface area contributed by atoms with Crippen LogP contribution in [0.15, 0.2) is 23.1 Å². The fourth-order valence-electron chi connectivity index (χ4n) is 1.54. The molecule has 0 aromatic carbocycles. The van der Waals surface area contributed by atoms with Crippen molar-refractivity contribution in [1.82, 2.24) is 15.2 Å². The lowest BCUT2D eigenvalue weighted by atomic mass is 10.2. The average molecular weight is 246 g/mol. The normalized spacial score (nSPS) is 10.3. The fraction of sp³-hybridized carbons (Fsp3) is 0.250. The molecular formula is C12H14N4O2. The van der Waals surface area contributed by atoms with Crippen molar-refractivity contribution in [3.05, 3.63) is 45.5 Å². The van der Waals surface area contributed by atoms with Crippen LogP contribution < -0.4 is 10.7 Å². The number of anilines is 1. The molecule has 0 aliphatic rings. The Morgan fingerprint density at radius 3 is 2.83 bits per heavy atom. The number of aromatic amines is 2. The molecule has 0 unspecified atom stereocenters. The van der Waals surface area contributed by atoms with Crippen LogP contribution in [0.25, 0.3) is 0 Å². The first-order valence-corrected chi connectivity index (χ1v) is 5.65. The van der Waals surface area contributed by atoms with Crippen molar-refractivity contribution in [3.8, 4) is 0 Å². The fourth-order valence-corrected chi connectivity index (χ4v) is 1.54. The predicted octanol–water partition coefficient (Wildman–Crippen LogP) is 1.22. The number of H-pyrrole nitrogens is 2. The zero-order chi connectivity index (χ0) is 13.1. The van der Waals surface area contributed by atoms with E-state index in [4.69, 9.17) is 0 Å². The third kappa shape index (κ3) is 2.48. The van der Waals surface area contributed by atoms with Gasteiger partial charge in [-0.3, -0.25) is 14.7 Å². The van der Waals surface area contributed by atoms with Crippen LogP contribution in [-0.2, 0) is 6.42 Å². The summed E-state index contributed by atoms with van der Waals surface area (Å²) in [6.07, 6.45) is 2.20. The lowest BCUT2D eigenvalue weighted by Crippen LogP contribution is -2.21. The first-order chi connectivity index (χ1) is 8.60. The van der Waals surface area contributed by atoms with Gasteiger partial charge in [0.1, 0.15) is 5.56 Å². The maximum Gasteiger partial charge on any atom is 0.262 e. The van der Waals surface area contributed by atoms with E-state index in [0.717, 1.165) is 12.1 Å². The van der Waals surface area contributed by atoms with Gasteiger partial charge in [0, 0.05) is 29.7 Å². The SMILES string of the molecule is CCc1cc(NC(=O)c2c[nH]c(C)cc2=O)n[nH]1. The standard InChI is InChI=1S/C12H14N4O2/c1-3-8-5-11(16-15-8)14-12(18)9-6-13-7(2)4-10(9)17/h4-6H,3H2,1-2H3,(H,13,17)(H2,14,15,16,18). The third-order valence-electron chi connectivity index (χ3n) is 2.56. The number of carbonyl (C=O) groups excluding carboxylic acids is 1. The smallest absolute Gasteiger partial charge is 0.262 e. The van der Waals surface area contributed by atoms with Gasteiger partial charge in [-0.25, -0.2) is 0 Å². The van der Waals surface area contributed by atoms with Crippen LogP contribution in [-0.4, -0.2) is 21.1 Å². The van der Waals surface area contributed by atoms with Crippen LogP contribution in [0.2, 0.25) is 0 Å². The van der Waals surface area contributed by atoms with Crippen LogP contribution in [0, 0.1) is 6.92 Å². The molecular weight excluding hydrogens is 232 g/mol. The van der Waals surface area contributed by atoms with Gasteiger partial charge in [0.05, 0.1) is 0 Å². The molecule has 2 aromatic rings. The van der Waals surface area contributed by atoms with Gasteiger partial charge < -0.3 is 10.3 Å². The van der Waals surface area contributed by atoms with Crippen molar-refractivity contribution in [2.24, 2.45) is 0 Å². The summed E-state index contributed by atoms with van der Waals surface area (Å²) in [6.45, 7) is 3.73. The molecule has 0 fully saturated rings. The maximum absolute atomic E-state index is 11.9. The van der Waals surface area contributed by atoms with E-state index in [9.17, 15) is 9.59 Å². The van der Waals surface area contributed by atoms with Crippen molar-refractivity contribution >= 4 is 11.7 Å². The Bertz CT molecular complexity index is 627. The highest BCUT2D eigenvalue weighted by atomic mass is 16.2. The van der Waals surface area contributed by atoms with E-state index in [1.807, 2.05) is 6.92 Å². The molecule has 0 radical (unpaired) electrons. The molecule has 0 bridgehead atoms. The minimum Gasteiger partial charge on any atom is -0.364 e. The number of rotatable bonds is 3. The molecule has 6 heteroatoms. The highest BCUT2D eigenvalue weighted by molar-refractivity contribution is 6.03. The molecule has 94 valence electrons. The van der Waals surface area contributed by atoms with E-state index < -0.39 is 5.91 Å². The van der Waals surface area contributed by atoms with E-state index in [0.29, 0.717) is 11.5 Å². The Kier molecular flexibility index (Phi) is 3.27. The quantitative estimate of drug-likeness (QED) is 0.760. The minimum absolute atomic E-state index is 0.0710. The number of nitrogens with one attached hydrogen (secondary N) is 3. The van der Waals surface area contributed by atoms with Crippen LogP contribution in [0.4, 0.5) is 5.82 Å². The van der Waals surface area contributed by atoms with Gasteiger partial charge in [-0.1, -0.05) is 6.92 Å². The summed E-state index contributed by atoms with van der Waals surface area (Å²) in [7, 11) is 0. The number of nitrogens with zero attached hydrogens (tertiary/aromatic N) is 1. The van der Waals surface area contributed by atoms with E-state index in [2.05, 4.69) is 20.5 Å². The summed E-state index contributed by atoms with van der Waals surface area (Å²) < 4.78 is 0. The Morgan fingerprint density at radius 2 is 2.22 bits per heavy atom. The molecule has 0 aliphatic heterocycles. The number of aryl methyl sites for hydroxylation is 2.